The number of hydrogen-bond donors (Lipinski definition) is 2. The third-order valence-corrected chi connectivity index (χ3v) is 4.61. The number of nitrogens with zero attached hydrogens (tertiary/aromatic N) is 1. The Kier molecular flexibility index (Phi) is 4.85. The molecular formula is C15H29N3O. The van der Waals surface area contributed by atoms with Gasteiger partial charge in [-0.25, -0.2) is 0 Å². The van der Waals surface area contributed by atoms with Gasteiger partial charge < -0.3 is 10.6 Å². The van der Waals surface area contributed by atoms with Gasteiger partial charge in [-0.15, -0.1) is 0 Å². The topological polar surface area (TPSA) is 44.4 Å². The highest BCUT2D eigenvalue weighted by Gasteiger charge is 2.38. The van der Waals surface area contributed by atoms with Crippen molar-refractivity contribution in [3.8, 4) is 0 Å². The zero-order valence-corrected chi connectivity index (χ0v) is 12.7. The first kappa shape index (κ1) is 14.8. The van der Waals surface area contributed by atoms with Gasteiger partial charge in [0.2, 0.25) is 5.91 Å². The Bertz CT molecular complexity index is 305. The second-order valence-electron chi connectivity index (χ2n) is 6.69. The average molecular weight is 267 g/mol. The Morgan fingerprint density at radius 2 is 2.00 bits per heavy atom. The molecular weight excluding hydrogens is 238 g/mol. The number of carbonyl (C=O) groups is 1. The molecule has 110 valence electrons. The molecule has 0 aromatic heterocycles. The van der Waals surface area contributed by atoms with E-state index in [9.17, 15) is 4.79 Å². The van der Waals surface area contributed by atoms with E-state index in [0.717, 1.165) is 26.2 Å². The molecule has 2 fully saturated rings. The molecule has 0 radical (unpaired) electrons. The van der Waals surface area contributed by atoms with E-state index in [-0.39, 0.29) is 18.0 Å². The van der Waals surface area contributed by atoms with Crippen LogP contribution in [0, 0.1) is 5.41 Å². The summed E-state index contributed by atoms with van der Waals surface area (Å²) in [5.74, 6) is 0.177. The zero-order valence-electron chi connectivity index (χ0n) is 12.7. The predicted octanol–water partition coefficient (Wildman–Crippen LogP) is 1.37. The minimum absolute atomic E-state index is 0.00139. The van der Waals surface area contributed by atoms with Gasteiger partial charge in [-0.1, -0.05) is 0 Å². The SMILES string of the molecule is CC(C)NC(=O)C(C)N1CCCC2(CCCNC2)C1. The Labute approximate surface area is 117 Å². The lowest BCUT2D eigenvalue weighted by Gasteiger charge is -2.47. The molecule has 2 heterocycles. The molecule has 2 N–H and O–H groups in total. The van der Waals surface area contributed by atoms with Gasteiger partial charge in [0.05, 0.1) is 6.04 Å². The maximum absolute atomic E-state index is 12.2. The van der Waals surface area contributed by atoms with E-state index in [1.165, 1.54) is 25.7 Å². The molecule has 1 amide bonds. The van der Waals surface area contributed by atoms with Gasteiger partial charge >= 0.3 is 0 Å². The third-order valence-electron chi connectivity index (χ3n) is 4.61. The molecule has 2 aliphatic rings. The van der Waals surface area contributed by atoms with Gasteiger partial charge in [0.25, 0.3) is 0 Å². The standard InChI is InChI=1S/C15H29N3O/c1-12(2)17-14(19)13(3)18-9-5-7-15(11-18)6-4-8-16-10-15/h12-13,16H,4-11H2,1-3H3,(H,17,19). The Morgan fingerprint density at radius 3 is 2.63 bits per heavy atom. The van der Waals surface area contributed by atoms with Crippen LogP contribution in [0.3, 0.4) is 0 Å². The van der Waals surface area contributed by atoms with Crippen LogP contribution in [0.25, 0.3) is 0 Å². The van der Waals surface area contributed by atoms with Gasteiger partial charge in [-0.2, -0.15) is 0 Å². The molecule has 2 aliphatic heterocycles. The fourth-order valence-corrected chi connectivity index (χ4v) is 3.53. The lowest BCUT2D eigenvalue weighted by molar-refractivity contribution is -0.127. The van der Waals surface area contributed by atoms with Crippen molar-refractivity contribution in [3.63, 3.8) is 0 Å². The molecule has 0 aliphatic carbocycles. The average Bonchev–Trinajstić information content (AvgIpc) is 2.38. The highest BCUT2D eigenvalue weighted by atomic mass is 16.2. The van der Waals surface area contributed by atoms with Crippen molar-refractivity contribution < 1.29 is 4.79 Å². The summed E-state index contributed by atoms with van der Waals surface area (Å²) in [4.78, 5) is 14.5. The molecule has 2 rings (SSSR count). The van der Waals surface area contributed by atoms with Gasteiger partial charge in [0.15, 0.2) is 0 Å². The van der Waals surface area contributed by atoms with Crippen LogP contribution in [-0.2, 0) is 4.79 Å². The second kappa shape index (κ2) is 6.23. The number of amides is 1. The number of piperidine rings is 2. The summed E-state index contributed by atoms with van der Waals surface area (Å²) in [6, 6.07) is 0.228. The predicted molar refractivity (Wildman–Crippen MR) is 78.1 cm³/mol. The van der Waals surface area contributed by atoms with Crippen LogP contribution >= 0.6 is 0 Å². The first-order chi connectivity index (χ1) is 9.02. The summed E-state index contributed by atoms with van der Waals surface area (Å²) in [6.07, 6.45) is 5.13. The summed E-state index contributed by atoms with van der Waals surface area (Å²) in [5.41, 5.74) is 0.420. The van der Waals surface area contributed by atoms with E-state index >= 15 is 0 Å². The quantitative estimate of drug-likeness (QED) is 0.811. The van der Waals surface area contributed by atoms with Crippen molar-refractivity contribution in [2.24, 2.45) is 5.41 Å². The van der Waals surface area contributed by atoms with Gasteiger partial charge in [-0.3, -0.25) is 9.69 Å². The van der Waals surface area contributed by atoms with Crippen LogP contribution in [0.4, 0.5) is 0 Å². The van der Waals surface area contributed by atoms with E-state index in [4.69, 9.17) is 0 Å². The largest absolute Gasteiger partial charge is 0.353 e. The molecule has 1 spiro atoms. The maximum atomic E-state index is 12.2. The minimum atomic E-state index is 0.00139. The van der Waals surface area contributed by atoms with Crippen LogP contribution < -0.4 is 10.6 Å². The normalized spacial score (nSPS) is 30.5. The highest BCUT2D eigenvalue weighted by molar-refractivity contribution is 5.81. The molecule has 2 saturated heterocycles. The minimum Gasteiger partial charge on any atom is -0.353 e. The number of carbonyl (C=O) groups excluding carboxylic acids is 1. The summed E-state index contributed by atoms with van der Waals surface area (Å²) in [6.45, 7) is 10.5. The van der Waals surface area contributed by atoms with Crippen LogP contribution in [0.2, 0.25) is 0 Å². The fraction of sp³-hybridized carbons (Fsp3) is 0.933. The highest BCUT2D eigenvalue weighted by Crippen LogP contribution is 2.36. The van der Waals surface area contributed by atoms with Crippen LogP contribution in [0.1, 0.15) is 46.5 Å². The van der Waals surface area contributed by atoms with Crippen molar-refractivity contribution in [2.75, 3.05) is 26.2 Å². The smallest absolute Gasteiger partial charge is 0.237 e. The summed E-state index contributed by atoms with van der Waals surface area (Å²) >= 11 is 0. The molecule has 2 unspecified atom stereocenters. The second-order valence-corrected chi connectivity index (χ2v) is 6.69. The van der Waals surface area contributed by atoms with E-state index in [1.54, 1.807) is 0 Å². The third kappa shape index (κ3) is 3.69. The molecule has 0 bridgehead atoms. The monoisotopic (exact) mass is 267 g/mol. The van der Waals surface area contributed by atoms with Crippen molar-refractivity contribution in [2.45, 2.75) is 58.5 Å². The van der Waals surface area contributed by atoms with E-state index in [2.05, 4.69) is 15.5 Å². The fourth-order valence-electron chi connectivity index (χ4n) is 3.53. The molecule has 2 atom stereocenters. The zero-order chi connectivity index (χ0) is 13.9. The first-order valence-electron chi connectivity index (χ1n) is 7.78. The molecule has 4 heteroatoms. The maximum Gasteiger partial charge on any atom is 0.237 e. The lowest BCUT2D eigenvalue weighted by atomic mass is 9.74. The summed E-state index contributed by atoms with van der Waals surface area (Å²) < 4.78 is 0. The molecule has 0 aromatic rings. The molecule has 0 aromatic carbocycles. The van der Waals surface area contributed by atoms with Crippen molar-refractivity contribution in [3.05, 3.63) is 0 Å². The van der Waals surface area contributed by atoms with Crippen molar-refractivity contribution in [1.82, 2.24) is 15.5 Å². The van der Waals surface area contributed by atoms with E-state index in [0.29, 0.717) is 5.41 Å². The summed E-state index contributed by atoms with van der Waals surface area (Å²) in [5, 5.41) is 6.57. The number of rotatable bonds is 3. The summed E-state index contributed by atoms with van der Waals surface area (Å²) in [7, 11) is 0. The van der Waals surface area contributed by atoms with Crippen molar-refractivity contribution >= 4 is 5.91 Å². The Balaban J connectivity index is 1.94. The number of hydrogen-bond acceptors (Lipinski definition) is 3. The molecule has 4 nitrogen and oxygen atoms in total. The first-order valence-corrected chi connectivity index (χ1v) is 7.78. The number of likely N-dealkylation sites (tertiary alicyclic amines) is 1. The van der Waals surface area contributed by atoms with Gasteiger partial charge in [0, 0.05) is 19.1 Å². The molecule has 19 heavy (non-hydrogen) atoms. The van der Waals surface area contributed by atoms with Gasteiger partial charge in [0.1, 0.15) is 0 Å². The Morgan fingerprint density at radius 1 is 1.26 bits per heavy atom. The van der Waals surface area contributed by atoms with Crippen LogP contribution in [-0.4, -0.2) is 49.1 Å². The Hall–Kier alpha value is -0.610. The van der Waals surface area contributed by atoms with E-state index in [1.807, 2.05) is 20.8 Å². The number of nitrogens with one attached hydrogen (secondary N) is 2. The molecule has 0 saturated carbocycles. The van der Waals surface area contributed by atoms with Crippen molar-refractivity contribution in [1.29, 1.82) is 0 Å². The van der Waals surface area contributed by atoms with Crippen LogP contribution in [0.15, 0.2) is 0 Å². The lowest BCUT2D eigenvalue weighted by Crippen LogP contribution is -2.56. The van der Waals surface area contributed by atoms with Crippen LogP contribution in [0.5, 0.6) is 0 Å². The van der Waals surface area contributed by atoms with E-state index < -0.39 is 0 Å². The van der Waals surface area contributed by atoms with Gasteiger partial charge in [-0.05, 0) is 65.0 Å².